The Morgan fingerprint density at radius 1 is 1.26 bits per heavy atom. The summed E-state index contributed by atoms with van der Waals surface area (Å²) in [5, 5.41) is 8.08. The van der Waals surface area contributed by atoms with Crippen LogP contribution in [0.15, 0.2) is 47.4 Å². The largest absolute Gasteiger partial charge is 0.494 e. The Hall–Kier alpha value is -2.58. The zero-order valence-corrected chi connectivity index (χ0v) is 16.1. The number of hydrogen-bond acceptors (Lipinski definition) is 5. The van der Waals surface area contributed by atoms with Gasteiger partial charge in [-0.2, -0.15) is 0 Å². The van der Waals surface area contributed by atoms with Crippen molar-refractivity contribution >= 4 is 27.3 Å². The molecule has 1 amide bonds. The van der Waals surface area contributed by atoms with Crippen LogP contribution >= 0.6 is 0 Å². The number of carbonyl (C=O) groups is 1. The monoisotopic (exact) mass is 389 g/mol. The number of nitrogens with zero attached hydrogens (tertiary/aromatic N) is 1. The van der Waals surface area contributed by atoms with Gasteiger partial charge in [0.2, 0.25) is 15.9 Å². The van der Waals surface area contributed by atoms with Gasteiger partial charge in [0.25, 0.3) is 0 Å². The Kier molecular flexibility index (Phi) is 5.38. The van der Waals surface area contributed by atoms with Crippen LogP contribution in [0.1, 0.15) is 19.4 Å². The fourth-order valence-electron chi connectivity index (χ4n) is 3.25. The summed E-state index contributed by atoms with van der Waals surface area (Å²) >= 11 is 0. The summed E-state index contributed by atoms with van der Waals surface area (Å²) in [6, 6.07) is 12.1. The molecule has 0 fully saturated rings. The van der Waals surface area contributed by atoms with Crippen molar-refractivity contribution in [3.05, 3.63) is 48.0 Å². The first-order valence-electron chi connectivity index (χ1n) is 8.73. The number of nitrogens with one attached hydrogen (secondary N) is 1. The van der Waals surface area contributed by atoms with Crippen LogP contribution in [0.5, 0.6) is 5.75 Å². The molecular formula is C19H23N3O4S. The normalized spacial score (nSPS) is 16.1. The Morgan fingerprint density at radius 2 is 1.96 bits per heavy atom. The summed E-state index contributed by atoms with van der Waals surface area (Å²) in [7, 11) is -3.74. The standard InChI is InChI=1S/C19H23N3O4S/c1-3-26-16-6-4-15(5-7-16)21-19(23)12-22-13(2)10-14-11-17(27(20,24)25)8-9-18(14)22/h4-9,11,13H,3,10,12H2,1-2H3,(H,21,23)(H2,20,24,25). The van der Waals surface area contributed by atoms with Gasteiger partial charge in [0.15, 0.2) is 0 Å². The number of ether oxygens (including phenoxy) is 1. The van der Waals surface area contributed by atoms with Crippen LogP contribution in [0.3, 0.4) is 0 Å². The Bertz CT molecular complexity index is 942. The van der Waals surface area contributed by atoms with E-state index in [2.05, 4.69) is 5.32 Å². The minimum Gasteiger partial charge on any atom is -0.494 e. The molecule has 1 aliphatic heterocycles. The third kappa shape index (κ3) is 4.40. The topological polar surface area (TPSA) is 102 Å². The Balaban J connectivity index is 1.70. The summed E-state index contributed by atoms with van der Waals surface area (Å²) in [6.07, 6.45) is 0.662. The first kappa shape index (κ1) is 19.2. The summed E-state index contributed by atoms with van der Waals surface area (Å²) < 4.78 is 28.5. The number of hydrogen-bond donors (Lipinski definition) is 2. The highest BCUT2D eigenvalue weighted by Gasteiger charge is 2.28. The summed E-state index contributed by atoms with van der Waals surface area (Å²) in [5.74, 6) is 0.609. The van der Waals surface area contributed by atoms with Crippen molar-refractivity contribution in [1.82, 2.24) is 0 Å². The number of benzene rings is 2. The van der Waals surface area contributed by atoms with Crippen molar-refractivity contribution in [3.63, 3.8) is 0 Å². The van der Waals surface area contributed by atoms with E-state index in [0.29, 0.717) is 18.7 Å². The molecular weight excluding hydrogens is 366 g/mol. The molecule has 144 valence electrons. The lowest BCUT2D eigenvalue weighted by molar-refractivity contribution is -0.115. The van der Waals surface area contributed by atoms with Crippen molar-refractivity contribution in [3.8, 4) is 5.75 Å². The van der Waals surface area contributed by atoms with Gasteiger partial charge >= 0.3 is 0 Å². The zero-order chi connectivity index (χ0) is 19.6. The fraction of sp³-hybridized carbons (Fsp3) is 0.316. The number of sulfonamides is 1. The van der Waals surface area contributed by atoms with Gasteiger partial charge in [-0.05, 0) is 68.3 Å². The molecule has 3 rings (SSSR count). The molecule has 1 unspecified atom stereocenters. The number of fused-ring (bicyclic) bond motifs is 1. The number of anilines is 2. The summed E-state index contributed by atoms with van der Waals surface area (Å²) in [4.78, 5) is 14.5. The van der Waals surface area contributed by atoms with Crippen molar-refractivity contribution in [2.24, 2.45) is 5.14 Å². The number of primary sulfonamides is 1. The third-order valence-electron chi connectivity index (χ3n) is 4.50. The van der Waals surface area contributed by atoms with Gasteiger partial charge in [-0.25, -0.2) is 13.6 Å². The predicted octanol–water partition coefficient (Wildman–Crippen LogP) is 2.12. The highest BCUT2D eigenvalue weighted by atomic mass is 32.2. The average Bonchev–Trinajstić information content (AvgIpc) is 2.91. The van der Waals surface area contributed by atoms with Crippen molar-refractivity contribution in [1.29, 1.82) is 0 Å². The van der Waals surface area contributed by atoms with Crippen LogP contribution in [0.4, 0.5) is 11.4 Å². The second kappa shape index (κ2) is 7.58. The number of carbonyl (C=O) groups excluding carboxylic acids is 1. The SMILES string of the molecule is CCOc1ccc(NC(=O)CN2c3ccc(S(N)(=O)=O)cc3CC2C)cc1. The van der Waals surface area contributed by atoms with E-state index in [4.69, 9.17) is 9.88 Å². The van der Waals surface area contributed by atoms with Crippen LogP contribution in [0.25, 0.3) is 0 Å². The lowest BCUT2D eigenvalue weighted by atomic mass is 10.1. The summed E-state index contributed by atoms with van der Waals surface area (Å²) in [6.45, 7) is 4.68. The van der Waals surface area contributed by atoms with Gasteiger partial charge in [-0.15, -0.1) is 0 Å². The molecule has 0 spiro atoms. The van der Waals surface area contributed by atoms with Gasteiger partial charge in [-0.1, -0.05) is 0 Å². The molecule has 0 aliphatic carbocycles. The van der Waals surface area contributed by atoms with E-state index in [1.807, 2.05) is 30.9 Å². The molecule has 2 aromatic carbocycles. The maximum absolute atomic E-state index is 12.5. The molecule has 0 saturated carbocycles. The minimum absolute atomic E-state index is 0.0850. The number of amides is 1. The zero-order valence-electron chi connectivity index (χ0n) is 15.3. The molecule has 7 nitrogen and oxygen atoms in total. The molecule has 0 saturated heterocycles. The van der Waals surface area contributed by atoms with Crippen molar-refractivity contribution in [2.75, 3.05) is 23.4 Å². The summed E-state index contributed by atoms with van der Waals surface area (Å²) in [5.41, 5.74) is 2.43. The van der Waals surface area contributed by atoms with Crippen LogP contribution in [-0.4, -0.2) is 33.5 Å². The highest BCUT2D eigenvalue weighted by Crippen LogP contribution is 2.33. The minimum atomic E-state index is -3.74. The van der Waals surface area contributed by atoms with Gasteiger partial charge in [-0.3, -0.25) is 4.79 Å². The first-order chi connectivity index (χ1) is 12.8. The smallest absolute Gasteiger partial charge is 0.243 e. The molecule has 27 heavy (non-hydrogen) atoms. The van der Waals surface area contributed by atoms with Gasteiger partial charge < -0.3 is 15.0 Å². The second-order valence-electron chi connectivity index (χ2n) is 6.52. The molecule has 1 heterocycles. The average molecular weight is 389 g/mol. The van der Waals surface area contributed by atoms with E-state index in [1.54, 1.807) is 24.3 Å². The van der Waals surface area contributed by atoms with E-state index < -0.39 is 10.0 Å². The fourth-order valence-corrected chi connectivity index (χ4v) is 3.81. The highest BCUT2D eigenvalue weighted by molar-refractivity contribution is 7.89. The lowest BCUT2D eigenvalue weighted by Gasteiger charge is -2.24. The molecule has 1 aliphatic rings. The second-order valence-corrected chi connectivity index (χ2v) is 8.08. The predicted molar refractivity (Wildman–Crippen MR) is 105 cm³/mol. The molecule has 8 heteroatoms. The maximum atomic E-state index is 12.5. The maximum Gasteiger partial charge on any atom is 0.243 e. The van der Waals surface area contributed by atoms with Crippen LogP contribution in [-0.2, 0) is 21.2 Å². The molecule has 0 aromatic heterocycles. The first-order valence-corrected chi connectivity index (χ1v) is 10.3. The van der Waals surface area contributed by atoms with E-state index >= 15 is 0 Å². The quantitative estimate of drug-likeness (QED) is 0.788. The molecule has 2 aromatic rings. The molecule has 0 bridgehead atoms. The van der Waals surface area contributed by atoms with Crippen molar-refractivity contribution < 1.29 is 17.9 Å². The van der Waals surface area contributed by atoms with Crippen LogP contribution in [0, 0.1) is 0 Å². The number of nitrogens with two attached hydrogens (primary N) is 1. The Labute approximate surface area is 159 Å². The van der Waals surface area contributed by atoms with Gasteiger partial charge in [0.1, 0.15) is 5.75 Å². The number of rotatable bonds is 6. The van der Waals surface area contributed by atoms with E-state index in [9.17, 15) is 13.2 Å². The van der Waals surface area contributed by atoms with Gasteiger partial charge in [0, 0.05) is 17.4 Å². The lowest BCUT2D eigenvalue weighted by Crippen LogP contribution is -2.37. The molecule has 1 atom stereocenters. The van der Waals surface area contributed by atoms with Crippen LogP contribution in [0.2, 0.25) is 0 Å². The molecule has 3 N–H and O–H groups in total. The Morgan fingerprint density at radius 3 is 2.59 bits per heavy atom. The van der Waals surface area contributed by atoms with E-state index in [0.717, 1.165) is 17.0 Å². The van der Waals surface area contributed by atoms with Gasteiger partial charge in [0.05, 0.1) is 18.0 Å². The van der Waals surface area contributed by atoms with Crippen molar-refractivity contribution in [2.45, 2.75) is 31.2 Å². The van der Waals surface area contributed by atoms with E-state index in [1.165, 1.54) is 6.07 Å². The van der Waals surface area contributed by atoms with Crippen LogP contribution < -0.4 is 20.1 Å². The third-order valence-corrected chi connectivity index (χ3v) is 5.41. The van der Waals surface area contributed by atoms with E-state index in [-0.39, 0.29) is 23.4 Å². The molecule has 0 radical (unpaired) electrons.